The normalized spacial score (nSPS) is 9.42. The molecule has 0 spiro atoms. The Labute approximate surface area is 70.5 Å². The summed E-state index contributed by atoms with van der Waals surface area (Å²) in [6.07, 6.45) is 0. The Morgan fingerprint density at radius 1 is 1.58 bits per heavy atom. The summed E-state index contributed by atoms with van der Waals surface area (Å²) >= 11 is 0. The third-order valence-electron chi connectivity index (χ3n) is 1.31. The van der Waals surface area contributed by atoms with Gasteiger partial charge in [0.05, 0.1) is 0 Å². The van der Waals surface area contributed by atoms with Crippen molar-refractivity contribution in [2.24, 2.45) is 5.73 Å². The lowest BCUT2D eigenvalue weighted by molar-refractivity contribution is 0.197. The summed E-state index contributed by atoms with van der Waals surface area (Å²) in [5.74, 6) is -0.141. The van der Waals surface area contributed by atoms with Gasteiger partial charge in [0.25, 0.3) is 0 Å². The molecule has 0 aliphatic heterocycles. The Morgan fingerprint density at radius 2 is 2.33 bits per heavy atom. The molecule has 0 amide bonds. The molecule has 0 aromatic heterocycles. The maximum atomic E-state index is 12.6. The van der Waals surface area contributed by atoms with Crippen molar-refractivity contribution in [3.8, 4) is 0 Å². The van der Waals surface area contributed by atoms with E-state index in [1.54, 1.807) is 12.1 Å². The van der Waals surface area contributed by atoms with E-state index in [0.717, 1.165) is 5.56 Å². The Hall–Kier alpha value is -1.51. The molecule has 0 aliphatic rings. The van der Waals surface area contributed by atoms with E-state index in [2.05, 4.69) is 6.58 Å². The van der Waals surface area contributed by atoms with Crippen molar-refractivity contribution in [3.05, 3.63) is 48.1 Å². The quantitative estimate of drug-likeness (QED) is 0.696. The van der Waals surface area contributed by atoms with Crippen LogP contribution in [-0.2, 0) is 11.3 Å². The van der Waals surface area contributed by atoms with Gasteiger partial charge in [-0.15, -0.1) is 0 Å². The van der Waals surface area contributed by atoms with Crippen LogP contribution in [0, 0.1) is 5.82 Å². The van der Waals surface area contributed by atoms with Gasteiger partial charge in [-0.2, -0.15) is 0 Å². The van der Waals surface area contributed by atoms with Gasteiger partial charge in [-0.3, -0.25) is 0 Å². The van der Waals surface area contributed by atoms with Gasteiger partial charge < -0.3 is 10.5 Å². The molecule has 0 saturated carbocycles. The zero-order valence-electron chi connectivity index (χ0n) is 6.59. The summed E-state index contributed by atoms with van der Waals surface area (Å²) in [4.78, 5) is 0. The van der Waals surface area contributed by atoms with E-state index >= 15 is 0 Å². The highest BCUT2D eigenvalue weighted by atomic mass is 19.1. The zero-order chi connectivity index (χ0) is 8.97. The van der Waals surface area contributed by atoms with Gasteiger partial charge in [0.1, 0.15) is 12.4 Å². The van der Waals surface area contributed by atoms with E-state index in [4.69, 9.17) is 10.5 Å². The first-order valence-corrected chi connectivity index (χ1v) is 3.50. The predicted octanol–water partition coefficient (Wildman–Crippen LogP) is 1.77. The lowest BCUT2D eigenvalue weighted by atomic mass is 10.2. The molecule has 0 unspecified atom stereocenters. The molecule has 64 valence electrons. The SMILES string of the molecule is C=C(N)OCc1cccc(F)c1. The maximum Gasteiger partial charge on any atom is 0.176 e. The van der Waals surface area contributed by atoms with Crippen LogP contribution in [0.2, 0.25) is 0 Å². The van der Waals surface area contributed by atoms with E-state index in [1.165, 1.54) is 12.1 Å². The summed E-state index contributed by atoms with van der Waals surface area (Å²) in [5.41, 5.74) is 5.91. The molecule has 1 aromatic carbocycles. The topological polar surface area (TPSA) is 35.2 Å². The van der Waals surface area contributed by atoms with Crippen LogP contribution >= 0.6 is 0 Å². The van der Waals surface area contributed by atoms with E-state index < -0.39 is 0 Å². The van der Waals surface area contributed by atoms with Crippen molar-refractivity contribution in [3.63, 3.8) is 0 Å². The van der Waals surface area contributed by atoms with Gasteiger partial charge in [-0.1, -0.05) is 12.1 Å². The van der Waals surface area contributed by atoms with E-state index in [1.807, 2.05) is 0 Å². The second-order valence-corrected chi connectivity index (χ2v) is 2.38. The molecule has 3 heteroatoms. The Balaban J connectivity index is 2.57. The molecule has 0 saturated heterocycles. The molecule has 0 bridgehead atoms. The largest absolute Gasteiger partial charge is 0.475 e. The summed E-state index contributed by atoms with van der Waals surface area (Å²) in [6, 6.07) is 6.14. The van der Waals surface area contributed by atoms with Crippen molar-refractivity contribution in [1.29, 1.82) is 0 Å². The molecule has 1 aromatic rings. The highest BCUT2D eigenvalue weighted by molar-refractivity contribution is 5.15. The van der Waals surface area contributed by atoms with Crippen LogP contribution in [0.15, 0.2) is 36.7 Å². The summed E-state index contributed by atoms with van der Waals surface area (Å²) < 4.78 is 17.5. The van der Waals surface area contributed by atoms with E-state index in [0.29, 0.717) is 0 Å². The lowest BCUT2D eigenvalue weighted by Crippen LogP contribution is -2.00. The summed E-state index contributed by atoms with van der Waals surface area (Å²) in [7, 11) is 0. The fourth-order valence-electron chi connectivity index (χ4n) is 0.803. The minimum absolute atomic E-state index is 0.138. The highest BCUT2D eigenvalue weighted by Crippen LogP contribution is 2.05. The number of hydrogen-bond acceptors (Lipinski definition) is 2. The van der Waals surface area contributed by atoms with Gasteiger partial charge in [0.15, 0.2) is 5.88 Å². The van der Waals surface area contributed by atoms with Gasteiger partial charge in [0.2, 0.25) is 0 Å². The number of nitrogens with two attached hydrogens (primary N) is 1. The van der Waals surface area contributed by atoms with Crippen LogP contribution in [0.1, 0.15) is 5.56 Å². The molecule has 0 fully saturated rings. The molecule has 2 nitrogen and oxygen atoms in total. The fourth-order valence-corrected chi connectivity index (χ4v) is 0.803. The summed E-state index contributed by atoms with van der Waals surface area (Å²) in [5, 5.41) is 0. The van der Waals surface area contributed by atoms with Crippen LogP contribution in [0.3, 0.4) is 0 Å². The second kappa shape index (κ2) is 3.76. The molecule has 2 N–H and O–H groups in total. The van der Waals surface area contributed by atoms with E-state index in [9.17, 15) is 4.39 Å². The monoisotopic (exact) mass is 167 g/mol. The molecule has 1 rings (SSSR count). The Kier molecular flexibility index (Phi) is 2.69. The Bertz CT molecular complexity index is 286. The van der Waals surface area contributed by atoms with Crippen LogP contribution in [-0.4, -0.2) is 0 Å². The molecule has 0 atom stereocenters. The molecule has 0 radical (unpaired) electrons. The average molecular weight is 167 g/mol. The molecule has 0 aliphatic carbocycles. The number of benzene rings is 1. The third kappa shape index (κ3) is 2.62. The maximum absolute atomic E-state index is 12.6. The zero-order valence-corrected chi connectivity index (χ0v) is 6.59. The standard InChI is InChI=1S/C9H10FNO/c1-7(11)12-6-8-3-2-4-9(10)5-8/h2-5H,1,6,11H2. The first-order chi connectivity index (χ1) is 5.68. The first kappa shape index (κ1) is 8.59. The van der Waals surface area contributed by atoms with Crippen molar-refractivity contribution >= 4 is 0 Å². The molecular formula is C9H10FNO. The minimum Gasteiger partial charge on any atom is -0.475 e. The van der Waals surface area contributed by atoms with Gasteiger partial charge in [0, 0.05) is 0 Å². The van der Waals surface area contributed by atoms with Crippen molar-refractivity contribution in [2.45, 2.75) is 6.61 Å². The van der Waals surface area contributed by atoms with E-state index in [-0.39, 0.29) is 18.3 Å². The average Bonchev–Trinajstić information content (AvgIpc) is 2.01. The highest BCUT2D eigenvalue weighted by Gasteiger charge is 1.94. The van der Waals surface area contributed by atoms with Gasteiger partial charge in [-0.25, -0.2) is 4.39 Å². The van der Waals surface area contributed by atoms with Crippen molar-refractivity contribution in [1.82, 2.24) is 0 Å². The lowest BCUT2D eigenvalue weighted by Gasteiger charge is -2.03. The third-order valence-corrected chi connectivity index (χ3v) is 1.31. The number of halogens is 1. The van der Waals surface area contributed by atoms with Crippen LogP contribution in [0.25, 0.3) is 0 Å². The number of rotatable bonds is 3. The van der Waals surface area contributed by atoms with Crippen LogP contribution < -0.4 is 5.73 Å². The number of hydrogen-bond donors (Lipinski definition) is 1. The second-order valence-electron chi connectivity index (χ2n) is 2.38. The fraction of sp³-hybridized carbons (Fsp3) is 0.111. The minimum atomic E-state index is -0.279. The van der Waals surface area contributed by atoms with Crippen LogP contribution in [0.5, 0.6) is 0 Å². The molecule has 0 heterocycles. The van der Waals surface area contributed by atoms with Crippen molar-refractivity contribution in [2.75, 3.05) is 0 Å². The number of ether oxygens (including phenoxy) is 1. The Morgan fingerprint density at radius 3 is 2.92 bits per heavy atom. The smallest absolute Gasteiger partial charge is 0.176 e. The first-order valence-electron chi connectivity index (χ1n) is 3.50. The van der Waals surface area contributed by atoms with Gasteiger partial charge in [-0.05, 0) is 24.3 Å². The predicted molar refractivity (Wildman–Crippen MR) is 44.5 cm³/mol. The summed E-state index contributed by atoms with van der Waals surface area (Å²) in [6.45, 7) is 3.61. The molecular weight excluding hydrogens is 157 g/mol. The van der Waals surface area contributed by atoms with Crippen molar-refractivity contribution < 1.29 is 9.13 Å². The molecule has 12 heavy (non-hydrogen) atoms. The van der Waals surface area contributed by atoms with Gasteiger partial charge >= 0.3 is 0 Å². The van der Waals surface area contributed by atoms with Crippen LogP contribution in [0.4, 0.5) is 4.39 Å².